The molecule has 1 atom stereocenters. The van der Waals surface area contributed by atoms with Crippen LogP contribution in [0.3, 0.4) is 0 Å². The lowest BCUT2D eigenvalue weighted by molar-refractivity contribution is 0.0691. The van der Waals surface area contributed by atoms with Crippen molar-refractivity contribution in [2.75, 3.05) is 7.05 Å². The summed E-state index contributed by atoms with van der Waals surface area (Å²) in [6.45, 7) is 0. The van der Waals surface area contributed by atoms with Crippen molar-refractivity contribution in [2.24, 2.45) is 0 Å². The fourth-order valence-corrected chi connectivity index (χ4v) is 1.89. The number of hydrogen-bond acceptors (Lipinski definition) is 2. The summed E-state index contributed by atoms with van der Waals surface area (Å²) < 4.78 is 0. The Labute approximate surface area is 76.0 Å². The van der Waals surface area contributed by atoms with Gasteiger partial charge in [0, 0.05) is 11.7 Å². The molecule has 1 aliphatic carbocycles. The van der Waals surface area contributed by atoms with Crippen LogP contribution in [-0.2, 0) is 6.42 Å². The molecule has 1 aromatic heterocycles. The number of carboxylic acids is 1. The molecule has 1 heterocycles. The van der Waals surface area contributed by atoms with E-state index in [-0.39, 0.29) is 0 Å². The summed E-state index contributed by atoms with van der Waals surface area (Å²) in [6, 6.07) is 2.05. The van der Waals surface area contributed by atoms with Gasteiger partial charge in [0.1, 0.15) is 5.69 Å². The van der Waals surface area contributed by atoms with E-state index >= 15 is 0 Å². The number of aromatic amines is 1. The predicted octanol–water partition coefficient (Wildman–Crippen LogP) is 0.920. The van der Waals surface area contributed by atoms with E-state index in [2.05, 4.69) is 10.3 Å². The molecular weight excluding hydrogens is 168 g/mol. The second-order valence-electron chi connectivity index (χ2n) is 3.30. The van der Waals surface area contributed by atoms with Crippen LogP contribution in [-0.4, -0.2) is 23.1 Å². The molecule has 2 rings (SSSR count). The number of hydrogen-bond donors (Lipinski definition) is 3. The van der Waals surface area contributed by atoms with Crippen molar-refractivity contribution in [1.29, 1.82) is 0 Å². The van der Waals surface area contributed by atoms with Gasteiger partial charge in [-0.25, -0.2) is 4.79 Å². The van der Waals surface area contributed by atoms with Crippen molar-refractivity contribution in [2.45, 2.75) is 18.9 Å². The third kappa shape index (κ3) is 1.23. The maximum Gasteiger partial charge on any atom is 0.352 e. The maximum absolute atomic E-state index is 10.6. The number of carbonyl (C=O) groups is 1. The molecule has 1 aromatic rings. The Hall–Kier alpha value is -1.29. The highest BCUT2D eigenvalue weighted by molar-refractivity contribution is 5.86. The topological polar surface area (TPSA) is 65.1 Å². The molecule has 0 fully saturated rings. The molecule has 1 aliphatic rings. The van der Waals surface area contributed by atoms with Crippen LogP contribution in [0.2, 0.25) is 0 Å². The average Bonchev–Trinajstić information content (AvgIpc) is 2.60. The molecule has 0 aromatic carbocycles. The smallest absolute Gasteiger partial charge is 0.352 e. The van der Waals surface area contributed by atoms with Crippen molar-refractivity contribution in [1.82, 2.24) is 10.3 Å². The van der Waals surface area contributed by atoms with E-state index < -0.39 is 5.97 Å². The number of rotatable bonds is 2. The number of H-pyrrole nitrogens is 1. The number of aromatic carboxylic acids is 1. The van der Waals surface area contributed by atoms with Crippen molar-refractivity contribution < 1.29 is 9.90 Å². The van der Waals surface area contributed by atoms with E-state index in [9.17, 15) is 4.79 Å². The van der Waals surface area contributed by atoms with Crippen molar-refractivity contribution in [3.05, 3.63) is 23.0 Å². The van der Waals surface area contributed by atoms with Gasteiger partial charge in [0.25, 0.3) is 0 Å². The summed E-state index contributed by atoms with van der Waals surface area (Å²) in [4.78, 5) is 13.6. The Balaban J connectivity index is 2.36. The minimum atomic E-state index is -0.885. The molecule has 3 N–H and O–H groups in total. The Kier molecular flexibility index (Phi) is 1.84. The predicted molar refractivity (Wildman–Crippen MR) is 47.9 cm³/mol. The van der Waals surface area contributed by atoms with E-state index in [4.69, 9.17) is 5.11 Å². The first kappa shape index (κ1) is 8.31. The molecule has 4 nitrogen and oxygen atoms in total. The molecule has 1 unspecified atom stereocenters. The lowest BCUT2D eigenvalue weighted by Crippen LogP contribution is -2.12. The van der Waals surface area contributed by atoms with Crippen molar-refractivity contribution in [3.63, 3.8) is 0 Å². The van der Waals surface area contributed by atoms with Crippen LogP contribution >= 0.6 is 0 Å². The second-order valence-corrected chi connectivity index (χ2v) is 3.30. The molecule has 0 radical (unpaired) electrons. The fraction of sp³-hybridized carbons (Fsp3) is 0.444. The normalized spacial score (nSPS) is 20.2. The van der Waals surface area contributed by atoms with Crippen LogP contribution in [0.4, 0.5) is 0 Å². The molecular formula is C9H12N2O2. The lowest BCUT2D eigenvalue weighted by atomic mass is 10.2. The number of aryl methyl sites for hydroxylation is 1. The standard InChI is InChI=1S/C9H12N2O2/c1-10-6-2-3-7-5(6)4-8(11-7)9(12)13/h4,6,10-11H,2-3H2,1H3,(H,12,13). The van der Waals surface area contributed by atoms with Crippen molar-refractivity contribution >= 4 is 5.97 Å². The zero-order valence-electron chi connectivity index (χ0n) is 7.42. The average molecular weight is 180 g/mol. The van der Waals surface area contributed by atoms with Gasteiger partial charge in [0.15, 0.2) is 0 Å². The summed E-state index contributed by atoms with van der Waals surface area (Å²) in [7, 11) is 1.90. The number of nitrogens with one attached hydrogen (secondary N) is 2. The Morgan fingerprint density at radius 3 is 3.15 bits per heavy atom. The molecule has 0 saturated heterocycles. The number of aromatic nitrogens is 1. The summed E-state index contributed by atoms with van der Waals surface area (Å²) in [5, 5.41) is 11.9. The molecule has 13 heavy (non-hydrogen) atoms. The number of carboxylic acid groups (broad SMARTS) is 1. The zero-order valence-corrected chi connectivity index (χ0v) is 7.42. The largest absolute Gasteiger partial charge is 0.477 e. The summed E-state index contributed by atoms with van der Waals surface area (Å²) in [5.74, 6) is -0.885. The highest BCUT2D eigenvalue weighted by Gasteiger charge is 2.24. The monoisotopic (exact) mass is 180 g/mol. The third-order valence-corrected chi connectivity index (χ3v) is 2.57. The second kappa shape index (κ2) is 2.88. The molecule has 0 saturated carbocycles. The maximum atomic E-state index is 10.6. The fourth-order valence-electron chi connectivity index (χ4n) is 1.89. The Bertz CT molecular complexity index is 343. The van der Waals surface area contributed by atoms with E-state index in [0.29, 0.717) is 11.7 Å². The van der Waals surface area contributed by atoms with E-state index in [1.807, 2.05) is 7.05 Å². The van der Waals surface area contributed by atoms with Crippen LogP contribution in [0.5, 0.6) is 0 Å². The molecule has 0 spiro atoms. The molecule has 0 aliphatic heterocycles. The third-order valence-electron chi connectivity index (χ3n) is 2.57. The van der Waals surface area contributed by atoms with Crippen LogP contribution in [0.1, 0.15) is 34.2 Å². The molecule has 0 bridgehead atoms. The van der Waals surface area contributed by atoms with Gasteiger partial charge < -0.3 is 15.4 Å². The molecule has 0 amide bonds. The highest BCUT2D eigenvalue weighted by atomic mass is 16.4. The van der Waals surface area contributed by atoms with Crippen LogP contribution < -0.4 is 5.32 Å². The first-order valence-electron chi connectivity index (χ1n) is 4.34. The van der Waals surface area contributed by atoms with Gasteiger partial charge in [-0.2, -0.15) is 0 Å². The van der Waals surface area contributed by atoms with E-state index in [0.717, 1.165) is 24.1 Å². The minimum absolute atomic E-state index is 0.296. The van der Waals surface area contributed by atoms with Gasteiger partial charge in [-0.15, -0.1) is 0 Å². The Morgan fingerprint density at radius 2 is 2.54 bits per heavy atom. The number of fused-ring (bicyclic) bond motifs is 1. The zero-order chi connectivity index (χ0) is 9.42. The van der Waals surface area contributed by atoms with E-state index in [1.54, 1.807) is 6.07 Å². The van der Waals surface area contributed by atoms with Gasteiger partial charge in [-0.3, -0.25) is 0 Å². The van der Waals surface area contributed by atoms with Crippen molar-refractivity contribution in [3.8, 4) is 0 Å². The quantitative estimate of drug-likeness (QED) is 0.634. The molecule has 70 valence electrons. The van der Waals surface area contributed by atoms with Gasteiger partial charge in [0.05, 0.1) is 0 Å². The first-order chi connectivity index (χ1) is 6.22. The SMILES string of the molecule is CNC1CCc2[nH]c(C(=O)O)cc21. The minimum Gasteiger partial charge on any atom is -0.477 e. The van der Waals surface area contributed by atoms with Crippen LogP contribution in [0.25, 0.3) is 0 Å². The Morgan fingerprint density at radius 1 is 1.77 bits per heavy atom. The summed E-state index contributed by atoms with van der Waals surface area (Å²) in [6.07, 6.45) is 1.99. The lowest BCUT2D eigenvalue weighted by Gasteiger charge is -2.06. The summed E-state index contributed by atoms with van der Waals surface area (Å²) >= 11 is 0. The van der Waals surface area contributed by atoms with Gasteiger partial charge in [-0.05, 0) is 31.5 Å². The highest BCUT2D eigenvalue weighted by Crippen LogP contribution is 2.30. The van der Waals surface area contributed by atoms with Gasteiger partial charge in [0.2, 0.25) is 0 Å². The van der Waals surface area contributed by atoms with Gasteiger partial charge in [-0.1, -0.05) is 0 Å². The summed E-state index contributed by atoms with van der Waals surface area (Å²) in [5.41, 5.74) is 2.47. The molecule has 4 heteroatoms. The van der Waals surface area contributed by atoms with Gasteiger partial charge >= 0.3 is 5.97 Å². The van der Waals surface area contributed by atoms with E-state index in [1.165, 1.54) is 0 Å². The van der Waals surface area contributed by atoms with Crippen LogP contribution in [0, 0.1) is 0 Å². The van der Waals surface area contributed by atoms with Crippen LogP contribution in [0.15, 0.2) is 6.07 Å². The first-order valence-corrected chi connectivity index (χ1v) is 4.34.